The molecule has 1 nitrogen and oxygen atoms in total. The average molecular weight is 287 g/mol. The number of hydrogen-bond acceptors (Lipinski definition) is 1. The first-order valence-corrected chi connectivity index (χ1v) is 6.64. The smallest absolute Gasteiger partial charge is 0.141 e. The molecule has 20 heavy (non-hydrogen) atoms. The SMILES string of the molecule is OCc1ccc2cc(-c3ccc(F)c(Cl)c3)ccc2c1. The van der Waals surface area contributed by atoms with Crippen LogP contribution in [0.3, 0.4) is 0 Å². The minimum Gasteiger partial charge on any atom is -0.392 e. The van der Waals surface area contributed by atoms with Crippen molar-refractivity contribution in [3.8, 4) is 11.1 Å². The number of aliphatic hydroxyl groups is 1. The summed E-state index contributed by atoms with van der Waals surface area (Å²) < 4.78 is 13.2. The highest BCUT2D eigenvalue weighted by Gasteiger charge is 2.04. The van der Waals surface area contributed by atoms with Crippen LogP contribution in [0.1, 0.15) is 5.56 Å². The van der Waals surface area contributed by atoms with E-state index in [0.717, 1.165) is 27.5 Å². The number of hydrogen-bond donors (Lipinski definition) is 1. The largest absolute Gasteiger partial charge is 0.392 e. The van der Waals surface area contributed by atoms with Gasteiger partial charge in [-0.2, -0.15) is 0 Å². The molecule has 0 heterocycles. The molecule has 0 aliphatic heterocycles. The molecule has 0 aliphatic carbocycles. The number of benzene rings is 3. The minimum atomic E-state index is -0.413. The Morgan fingerprint density at radius 1 is 0.850 bits per heavy atom. The zero-order valence-electron chi connectivity index (χ0n) is 10.6. The van der Waals surface area contributed by atoms with E-state index >= 15 is 0 Å². The molecule has 100 valence electrons. The quantitative estimate of drug-likeness (QED) is 0.718. The van der Waals surface area contributed by atoms with Crippen molar-refractivity contribution in [2.24, 2.45) is 0 Å². The zero-order valence-corrected chi connectivity index (χ0v) is 11.4. The minimum absolute atomic E-state index is 0.0330. The van der Waals surface area contributed by atoms with Crippen LogP contribution in [0.2, 0.25) is 5.02 Å². The van der Waals surface area contributed by atoms with Crippen LogP contribution in [-0.2, 0) is 6.61 Å². The monoisotopic (exact) mass is 286 g/mol. The molecule has 3 rings (SSSR count). The third kappa shape index (κ3) is 2.40. The Bertz CT molecular complexity index is 783. The lowest BCUT2D eigenvalue weighted by Gasteiger charge is -2.06. The first-order chi connectivity index (χ1) is 9.67. The number of fused-ring (bicyclic) bond motifs is 1. The lowest BCUT2D eigenvalue weighted by molar-refractivity contribution is 0.282. The summed E-state index contributed by atoms with van der Waals surface area (Å²) in [6.07, 6.45) is 0. The van der Waals surface area contributed by atoms with Crippen molar-refractivity contribution in [3.63, 3.8) is 0 Å². The molecule has 0 amide bonds. The molecule has 0 atom stereocenters. The maximum absolute atomic E-state index is 13.2. The summed E-state index contributed by atoms with van der Waals surface area (Å²) in [5, 5.41) is 11.4. The summed E-state index contributed by atoms with van der Waals surface area (Å²) in [7, 11) is 0. The van der Waals surface area contributed by atoms with E-state index in [2.05, 4.69) is 0 Å². The van der Waals surface area contributed by atoms with Gasteiger partial charge < -0.3 is 5.11 Å². The van der Waals surface area contributed by atoms with Gasteiger partial charge in [0.2, 0.25) is 0 Å². The van der Waals surface area contributed by atoms with E-state index in [1.165, 1.54) is 6.07 Å². The van der Waals surface area contributed by atoms with Gasteiger partial charge in [-0.05, 0) is 51.7 Å². The van der Waals surface area contributed by atoms with Crippen molar-refractivity contribution in [2.75, 3.05) is 0 Å². The molecule has 0 unspecified atom stereocenters. The lowest BCUT2D eigenvalue weighted by Crippen LogP contribution is -1.85. The molecule has 0 spiro atoms. The van der Waals surface area contributed by atoms with Gasteiger partial charge in [0.25, 0.3) is 0 Å². The summed E-state index contributed by atoms with van der Waals surface area (Å²) in [6, 6.07) is 16.5. The molecule has 0 saturated carbocycles. The van der Waals surface area contributed by atoms with Gasteiger partial charge in [0, 0.05) is 0 Å². The summed E-state index contributed by atoms with van der Waals surface area (Å²) in [5.41, 5.74) is 2.75. The van der Waals surface area contributed by atoms with Crippen LogP contribution in [0, 0.1) is 5.82 Å². The van der Waals surface area contributed by atoms with Gasteiger partial charge in [-0.3, -0.25) is 0 Å². The molecular formula is C17H12ClFO. The van der Waals surface area contributed by atoms with Crippen molar-refractivity contribution < 1.29 is 9.50 Å². The maximum Gasteiger partial charge on any atom is 0.141 e. The first-order valence-electron chi connectivity index (χ1n) is 6.26. The number of rotatable bonds is 2. The van der Waals surface area contributed by atoms with Gasteiger partial charge in [0.1, 0.15) is 5.82 Å². The normalized spacial score (nSPS) is 10.9. The van der Waals surface area contributed by atoms with Gasteiger partial charge in [0.05, 0.1) is 11.6 Å². The van der Waals surface area contributed by atoms with Crippen molar-refractivity contribution in [1.82, 2.24) is 0 Å². The van der Waals surface area contributed by atoms with Crippen molar-refractivity contribution in [2.45, 2.75) is 6.61 Å². The Balaban J connectivity index is 2.10. The second-order valence-electron chi connectivity index (χ2n) is 4.68. The zero-order chi connectivity index (χ0) is 14.1. The van der Waals surface area contributed by atoms with Crippen LogP contribution in [-0.4, -0.2) is 5.11 Å². The summed E-state index contributed by atoms with van der Waals surface area (Å²) in [4.78, 5) is 0. The van der Waals surface area contributed by atoms with Crippen LogP contribution in [0.25, 0.3) is 21.9 Å². The number of halogens is 2. The molecule has 0 aromatic heterocycles. The lowest BCUT2D eigenvalue weighted by atomic mass is 10.00. The highest BCUT2D eigenvalue weighted by Crippen LogP contribution is 2.28. The van der Waals surface area contributed by atoms with Crippen LogP contribution < -0.4 is 0 Å². The van der Waals surface area contributed by atoms with Gasteiger partial charge in [-0.1, -0.05) is 41.9 Å². The third-order valence-electron chi connectivity index (χ3n) is 3.34. The first kappa shape index (κ1) is 13.1. The van der Waals surface area contributed by atoms with Gasteiger partial charge in [-0.25, -0.2) is 4.39 Å². The van der Waals surface area contributed by atoms with E-state index < -0.39 is 5.82 Å². The second kappa shape index (κ2) is 5.23. The standard InChI is InChI=1S/C17H12ClFO/c18-16-9-15(5-6-17(16)19)14-4-3-12-7-11(10-20)1-2-13(12)8-14/h1-9,20H,10H2. The Morgan fingerprint density at radius 3 is 2.25 bits per heavy atom. The fourth-order valence-electron chi connectivity index (χ4n) is 2.25. The van der Waals surface area contributed by atoms with E-state index in [1.54, 1.807) is 12.1 Å². The van der Waals surface area contributed by atoms with Gasteiger partial charge in [-0.15, -0.1) is 0 Å². The van der Waals surface area contributed by atoms with E-state index in [1.807, 2.05) is 36.4 Å². The third-order valence-corrected chi connectivity index (χ3v) is 3.63. The predicted molar refractivity (Wildman–Crippen MR) is 80.3 cm³/mol. The molecule has 0 saturated heterocycles. The second-order valence-corrected chi connectivity index (χ2v) is 5.09. The van der Waals surface area contributed by atoms with Crippen LogP contribution in [0.4, 0.5) is 4.39 Å². The van der Waals surface area contributed by atoms with Crippen molar-refractivity contribution in [1.29, 1.82) is 0 Å². The topological polar surface area (TPSA) is 20.2 Å². The van der Waals surface area contributed by atoms with Crippen LogP contribution in [0.15, 0.2) is 54.6 Å². The summed E-state index contributed by atoms with van der Waals surface area (Å²) in [5.74, 6) is -0.413. The van der Waals surface area contributed by atoms with Crippen molar-refractivity contribution >= 4 is 22.4 Å². The van der Waals surface area contributed by atoms with Crippen molar-refractivity contribution in [3.05, 3.63) is 71.0 Å². The molecule has 3 aromatic rings. The van der Waals surface area contributed by atoms with Crippen LogP contribution in [0.5, 0.6) is 0 Å². The molecule has 3 aromatic carbocycles. The highest BCUT2D eigenvalue weighted by atomic mass is 35.5. The fourth-order valence-corrected chi connectivity index (χ4v) is 2.43. The molecule has 0 bridgehead atoms. The predicted octanol–water partition coefficient (Wildman–Crippen LogP) is 4.79. The number of aliphatic hydroxyl groups excluding tert-OH is 1. The highest BCUT2D eigenvalue weighted by molar-refractivity contribution is 6.31. The summed E-state index contributed by atoms with van der Waals surface area (Å²) in [6.45, 7) is 0.0330. The Labute approximate surface area is 121 Å². The van der Waals surface area contributed by atoms with Gasteiger partial charge >= 0.3 is 0 Å². The Hall–Kier alpha value is -1.90. The molecule has 1 N–H and O–H groups in total. The molecular weight excluding hydrogens is 275 g/mol. The molecule has 0 radical (unpaired) electrons. The summed E-state index contributed by atoms with van der Waals surface area (Å²) >= 11 is 5.82. The molecule has 0 aliphatic rings. The Kier molecular flexibility index (Phi) is 3.43. The molecule has 0 fully saturated rings. The Morgan fingerprint density at radius 2 is 1.50 bits per heavy atom. The van der Waals surface area contributed by atoms with E-state index in [9.17, 15) is 4.39 Å². The van der Waals surface area contributed by atoms with Gasteiger partial charge in [0.15, 0.2) is 0 Å². The van der Waals surface area contributed by atoms with Crippen LogP contribution >= 0.6 is 11.6 Å². The average Bonchev–Trinajstić information content (AvgIpc) is 2.49. The van der Waals surface area contributed by atoms with E-state index in [-0.39, 0.29) is 11.6 Å². The fraction of sp³-hybridized carbons (Fsp3) is 0.0588. The van der Waals surface area contributed by atoms with E-state index in [0.29, 0.717) is 0 Å². The van der Waals surface area contributed by atoms with E-state index in [4.69, 9.17) is 16.7 Å². The maximum atomic E-state index is 13.2. The molecule has 3 heteroatoms.